The minimum absolute atomic E-state index is 0.289. The van der Waals surface area contributed by atoms with Gasteiger partial charge in [-0.3, -0.25) is 4.90 Å². The molecule has 0 aromatic rings. The highest BCUT2D eigenvalue weighted by atomic mass is 16.3. The molecule has 2 N–H and O–H groups in total. The maximum Gasteiger partial charge on any atom is 0.0587 e. The molecular formula is C12H26N2O. The quantitative estimate of drug-likeness (QED) is 0.738. The van der Waals surface area contributed by atoms with Crippen molar-refractivity contribution in [2.24, 2.45) is 5.41 Å². The monoisotopic (exact) mass is 214 g/mol. The fraction of sp³-hybridized carbons (Fsp3) is 1.00. The van der Waals surface area contributed by atoms with Crippen LogP contribution in [0.15, 0.2) is 0 Å². The molecule has 3 nitrogen and oxygen atoms in total. The second-order valence-corrected chi connectivity index (χ2v) is 5.74. The average molecular weight is 214 g/mol. The Hall–Kier alpha value is -0.120. The highest BCUT2D eigenvalue weighted by Gasteiger charge is 2.24. The van der Waals surface area contributed by atoms with Crippen LogP contribution in [0.25, 0.3) is 0 Å². The molecule has 1 atom stereocenters. The van der Waals surface area contributed by atoms with E-state index in [0.29, 0.717) is 11.5 Å². The standard InChI is InChI=1S/C12H26N2O/c1-12(2,3)9-11(10-15)14-7-4-5-13-6-8-14/h11,13,15H,4-10H2,1-3H3. The van der Waals surface area contributed by atoms with Crippen molar-refractivity contribution in [3.05, 3.63) is 0 Å². The molecule has 0 amide bonds. The van der Waals surface area contributed by atoms with Gasteiger partial charge in [-0.25, -0.2) is 0 Å². The van der Waals surface area contributed by atoms with Crippen LogP contribution in [0.4, 0.5) is 0 Å². The zero-order valence-electron chi connectivity index (χ0n) is 10.4. The zero-order chi connectivity index (χ0) is 11.3. The number of hydrogen-bond acceptors (Lipinski definition) is 3. The second kappa shape index (κ2) is 5.83. The SMILES string of the molecule is CC(C)(C)CC(CO)N1CCCNCC1. The molecule has 1 unspecified atom stereocenters. The van der Waals surface area contributed by atoms with E-state index >= 15 is 0 Å². The van der Waals surface area contributed by atoms with Crippen LogP contribution in [0.3, 0.4) is 0 Å². The highest BCUT2D eigenvalue weighted by molar-refractivity contribution is 4.79. The van der Waals surface area contributed by atoms with E-state index in [9.17, 15) is 5.11 Å². The molecule has 0 radical (unpaired) electrons. The van der Waals surface area contributed by atoms with E-state index in [1.165, 1.54) is 6.42 Å². The van der Waals surface area contributed by atoms with Crippen LogP contribution in [0.1, 0.15) is 33.6 Å². The van der Waals surface area contributed by atoms with Crippen molar-refractivity contribution < 1.29 is 5.11 Å². The molecule has 1 aliphatic heterocycles. The van der Waals surface area contributed by atoms with Gasteiger partial charge in [0.15, 0.2) is 0 Å². The summed E-state index contributed by atoms with van der Waals surface area (Å²) in [6.07, 6.45) is 2.27. The number of aliphatic hydroxyl groups excluding tert-OH is 1. The average Bonchev–Trinajstić information content (AvgIpc) is 2.40. The van der Waals surface area contributed by atoms with Crippen LogP contribution >= 0.6 is 0 Å². The van der Waals surface area contributed by atoms with E-state index in [1.54, 1.807) is 0 Å². The van der Waals surface area contributed by atoms with Crippen LogP contribution in [0.5, 0.6) is 0 Å². The van der Waals surface area contributed by atoms with Gasteiger partial charge in [0.25, 0.3) is 0 Å². The Kier molecular flexibility index (Phi) is 5.03. The van der Waals surface area contributed by atoms with Gasteiger partial charge in [-0.1, -0.05) is 20.8 Å². The van der Waals surface area contributed by atoms with Crippen LogP contribution in [-0.4, -0.2) is 48.8 Å². The molecule has 0 spiro atoms. The first kappa shape index (κ1) is 12.9. The van der Waals surface area contributed by atoms with Gasteiger partial charge in [0, 0.05) is 19.1 Å². The summed E-state index contributed by atoms with van der Waals surface area (Å²) in [6.45, 7) is 11.4. The van der Waals surface area contributed by atoms with Gasteiger partial charge in [0.05, 0.1) is 6.61 Å². The maximum absolute atomic E-state index is 9.47. The predicted octanol–water partition coefficient (Wildman–Crippen LogP) is 1.08. The van der Waals surface area contributed by atoms with Gasteiger partial charge in [-0.15, -0.1) is 0 Å². The Balaban J connectivity index is 2.48. The second-order valence-electron chi connectivity index (χ2n) is 5.74. The van der Waals surface area contributed by atoms with E-state index in [0.717, 1.165) is 32.6 Å². The van der Waals surface area contributed by atoms with Crippen molar-refractivity contribution in [3.63, 3.8) is 0 Å². The van der Waals surface area contributed by atoms with Crippen LogP contribution in [-0.2, 0) is 0 Å². The van der Waals surface area contributed by atoms with Crippen molar-refractivity contribution in [1.82, 2.24) is 10.2 Å². The number of rotatable bonds is 3. The molecule has 0 aromatic heterocycles. The Labute approximate surface area is 93.9 Å². The van der Waals surface area contributed by atoms with Gasteiger partial charge in [-0.05, 0) is 31.3 Å². The largest absolute Gasteiger partial charge is 0.395 e. The number of aliphatic hydroxyl groups is 1. The molecule has 1 aliphatic rings. The highest BCUT2D eigenvalue weighted by Crippen LogP contribution is 2.23. The summed E-state index contributed by atoms with van der Waals surface area (Å²) in [5.74, 6) is 0. The first-order valence-corrected chi connectivity index (χ1v) is 6.08. The summed E-state index contributed by atoms with van der Waals surface area (Å²) in [5, 5.41) is 12.9. The number of hydrogen-bond donors (Lipinski definition) is 2. The van der Waals surface area contributed by atoms with E-state index in [4.69, 9.17) is 0 Å². The van der Waals surface area contributed by atoms with Gasteiger partial charge in [0.1, 0.15) is 0 Å². The van der Waals surface area contributed by atoms with E-state index in [-0.39, 0.29) is 6.61 Å². The molecule has 0 aliphatic carbocycles. The van der Waals surface area contributed by atoms with Crippen molar-refractivity contribution in [2.75, 3.05) is 32.8 Å². The molecule has 1 fully saturated rings. The maximum atomic E-state index is 9.47. The fourth-order valence-corrected chi connectivity index (χ4v) is 2.25. The third-order valence-corrected chi connectivity index (χ3v) is 2.95. The van der Waals surface area contributed by atoms with Gasteiger partial charge >= 0.3 is 0 Å². The zero-order valence-corrected chi connectivity index (χ0v) is 10.4. The molecule has 1 heterocycles. The normalized spacial score (nSPS) is 22.4. The molecule has 0 aromatic carbocycles. The Bertz CT molecular complexity index is 169. The molecule has 1 rings (SSSR count). The summed E-state index contributed by atoms with van der Waals surface area (Å²) in [4.78, 5) is 2.44. The third kappa shape index (κ3) is 4.96. The van der Waals surface area contributed by atoms with E-state index < -0.39 is 0 Å². The summed E-state index contributed by atoms with van der Waals surface area (Å²) in [7, 11) is 0. The summed E-state index contributed by atoms with van der Waals surface area (Å²) in [6, 6.07) is 0.338. The smallest absolute Gasteiger partial charge is 0.0587 e. The van der Waals surface area contributed by atoms with Gasteiger partial charge in [-0.2, -0.15) is 0 Å². The molecule has 0 bridgehead atoms. The summed E-state index contributed by atoms with van der Waals surface area (Å²) >= 11 is 0. The number of nitrogens with zero attached hydrogens (tertiary/aromatic N) is 1. The molecule has 15 heavy (non-hydrogen) atoms. The van der Waals surface area contributed by atoms with Crippen molar-refractivity contribution in [1.29, 1.82) is 0 Å². The van der Waals surface area contributed by atoms with Crippen LogP contribution in [0, 0.1) is 5.41 Å². The molecular weight excluding hydrogens is 188 g/mol. The van der Waals surface area contributed by atoms with E-state index in [2.05, 4.69) is 31.0 Å². The topological polar surface area (TPSA) is 35.5 Å². The van der Waals surface area contributed by atoms with Gasteiger partial charge < -0.3 is 10.4 Å². The summed E-state index contributed by atoms with van der Waals surface area (Å²) in [5.41, 5.74) is 0.299. The predicted molar refractivity (Wildman–Crippen MR) is 64.0 cm³/mol. The first-order chi connectivity index (χ1) is 7.03. The third-order valence-electron chi connectivity index (χ3n) is 2.95. The van der Waals surface area contributed by atoms with Crippen molar-refractivity contribution in [2.45, 2.75) is 39.7 Å². The lowest BCUT2D eigenvalue weighted by atomic mass is 9.87. The van der Waals surface area contributed by atoms with Crippen LogP contribution in [0.2, 0.25) is 0 Å². The number of nitrogens with one attached hydrogen (secondary N) is 1. The Morgan fingerprint density at radius 3 is 2.60 bits per heavy atom. The minimum atomic E-state index is 0.289. The summed E-state index contributed by atoms with van der Waals surface area (Å²) < 4.78 is 0. The fourth-order valence-electron chi connectivity index (χ4n) is 2.25. The molecule has 3 heteroatoms. The minimum Gasteiger partial charge on any atom is -0.395 e. The lowest BCUT2D eigenvalue weighted by Gasteiger charge is -2.33. The van der Waals surface area contributed by atoms with Gasteiger partial charge in [0.2, 0.25) is 0 Å². The van der Waals surface area contributed by atoms with E-state index in [1.807, 2.05) is 0 Å². The van der Waals surface area contributed by atoms with Crippen molar-refractivity contribution >= 4 is 0 Å². The molecule has 0 saturated carbocycles. The van der Waals surface area contributed by atoms with Crippen LogP contribution < -0.4 is 5.32 Å². The van der Waals surface area contributed by atoms with Crippen molar-refractivity contribution in [3.8, 4) is 0 Å². The Morgan fingerprint density at radius 2 is 2.00 bits per heavy atom. The first-order valence-electron chi connectivity index (χ1n) is 6.08. The lowest BCUT2D eigenvalue weighted by Crippen LogP contribution is -2.42. The lowest BCUT2D eigenvalue weighted by molar-refractivity contribution is 0.0953. The Morgan fingerprint density at radius 1 is 1.27 bits per heavy atom. The molecule has 1 saturated heterocycles. The molecule has 90 valence electrons.